The number of nitrogens with zero attached hydrogens (tertiary/aromatic N) is 2. The summed E-state index contributed by atoms with van der Waals surface area (Å²) < 4.78 is 0. The molecule has 0 amide bonds. The van der Waals surface area contributed by atoms with Crippen molar-refractivity contribution in [3.63, 3.8) is 0 Å². The van der Waals surface area contributed by atoms with E-state index in [9.17, 15) is 0 Å². The second-order valence-electron chi connectivity index (χ2n) is 21.8. The second-order valence-corrected chi connectivity index (χ2v) is 21.8. The van der Waals surface area contributed by atoms with Gasteiger partial charge in [0.25, 0.3) is 0 Å². The molecule has 0 saturated heterocycles. The average Bonchev–Trinajstić information content (AvgIpc) is 3.70. The third-order valence-corrected chi connectivity index (χ3v) is 16.9. The molecule has 10 aromatic carbocycles. The molecule has 6 aliphatic rings. The highest BCUT2D eigenvalue weighted by Crippen LogP contribution is 2.52. The van der Waals surface area contributed by atoms with Crippen LogP contribution in [0.15, 0.2) is 237 Å². The van der Waals surface area contributed by atoms with E-state index in [0.29, 0.717) is 5.92 Å². The number of aryl methyl sites for hydroxylation is 4. The molecule has 0 radical (unpaired) electrons. The minimum Gasteiger partial charge on any atom is -0.310 e. The lowest BCUT2D eigenvalue weighted by atomic mass is 9.82. The Kier molecular flexibility index (Phi) is 12.4. The van der Waals surface area contributed by atoms with Crippen LogP contribution in [-0.2, 0) is 31.1 Å². The van der Waals surface area contributed by atoms with E-state index in [0.717, 1.165) is 31.4 Å². The molecule has 75 heavy (non-hydrogen) atoms. The number of rotatable bonds is 10. The van der Waals surface area contributed by atoms with Crippen LogP contribution < -0.4 is 9.80 Å². The van der Waals surface area contributed by atoms with E-state index in [2.05, 4.69) is 260 Å². The van der Waals surface area contributed by atoms with Crippen LogP contribution in [-0.4, -0.2) is 0 Å². The Morgan fingerprint density at radius 1 is 0.347 bits per heavy atom. The number of fused-ring (bicyclic) bond motifs is 3. The van der Waals surface area contributed by atoms with E-state index in [1.807, 2.05) is 0 Å². The van der Waals surface area contributed by atoms with Crippen molar-refractivity contribution >= 4 is 34.1 Å². The van der Waals surface area contributed by atoms with Crippen LogP contribution in [0.2, 0.25) is 0 Å². The van der Waals surface area contributed by atoms with Crippen LogP contribution in [0.5, 0.6) is 0 Å². The lowest BCUT2D eigenvalue weighted by molar-refractivity contribution is 0.443. The van der Waals surface area contributed by atoms with Gasteiger partial charge in [0.2, 0.25) is 0 Å². The molecule has 16 rings (SSSR count). The molecule has 2 heteroatoms. The van der Waals surface area contributed by atoms with Gasteiger partial charge in [0.15, 0.2) is 0 Å². The fraction of sp³-hybridized carbons (Fsp3) is 0.178. The van der Waals surface area contributed by atoms with E-state index in [1.165, 1.54) is 144 Å². The summed E-state index contributed by atoms with van der Waals surface area (Å²) in [6.45, 7) is 4.79. The molecule has 1 fully saturated rings. The van der Waals surface area contributed by atoms with Gasteiger partial charge in [-0.25, -0.2) is 0 Å². The Balaban J connectivity index is 0.912. The predicted molar refractivity (Wildman–Crippen MR) is 317 cm³/mol. The van der Waals surface area contributed by atoms with Gasteiger partial charge in [-0.15, -0.1) is 0 Å². The van der Waals surface area contributed by atoms with Crippen LogP contribution in [0.4, 0.5) is 34.1 Å². The Hall–Kier alpha value is -8.20. The van der Waals surface area contributed by atoms with Crippen LogP contribution >= 0.6 is 0 Å². The summed E-state index contributed by atoms with van der Waals surface area (Å²) in [5, 5.41) is 0. The normalized spacial score (nSPS) is 14.6. The third-order valence-electron chi connectivity index (χ3n) is 16.9. The Morgan fingerprint density at radius 3 is 1.43 bits per heavy atom. The predicted octanol–water partition coefficient (Wildman–Crippen LogP) is 19.9. The molecule has 0 heterocycles. The van der Waals surface area contributed by atoms with Gasteiger partial charge in [-0.2, -0.15) is 0 Å². The maximum absolute atomic E-state index is 2.57. The maximum Gasteiger partial charge on any atom is 0.0496 e. The molecule has 0 atom stereocenters. The van der Waals surface area contributed by atoms with Crippen LogP contribution in [0, 0.1) is 0 Å². The van der Waals surface area contributed by atoms with Crippen molar-refractivity contribution in [1.29, 1.82) is 0 Å². The Labute approximate surface area is 444 Å². The fourth-order valence-electron chi connectivity index (χ4n) is 12.9. The van der Waals surface area contributed by atoms with Crippen molar-refractivity contribution in [2.75, 3.05) is 9.80 Å². The zero-order valence-corrected chi connectivity index (χ0v) is 43.4. The van der Waals surface area contributed by atoms with E-state index in [1.54, 1.807) is 0 Å². The van der Waals surface area contributed by atoms with Crippen LogP contribution in [0.3, 0.4) is 0 Å². The molecular weight excluding hydrogens is 905 g/mol. The van der Waals surface area contributed by atoms with Gasteiger partial charge in [-0.05, 0) is 189 Å². The van der Waals surface area contributed by atoms with Crippen molar-refractivity contribution < 1.29 is 0 Å². The topological polar surface area (TPSA) is 6.48 Å². The number of benzene rings is 10. The quantitative estimate of drug-likeness (QED) is 0.135. The van der Waals surface area contributed by atoms with E-state index in [-0.39, 0.29) is 5.41 Å². The van der Waals surface area contributed by atoms with Gasteiger partial charge < -0.3 is 9.80 Å². The number of hydrogen-bond acceptors (Lipinski definition) is 2. The molecule has 0 aromatic heterocycles. The third kappa shape index (κ3) is 8.87. The van der Waals surface area contributed by atoms with Crippen LogP contribution in [0.25, 0.3) is 44.5 Å². The smallest absolute Gasteiger partial charge is 0.0496 e. The molecule has 10 aromatic rings. The maximum atomic E-state index is 2.57. The average molecular weight is 969 g/mol. The Morgan fingerprint density at radius 2 is 0.827 bits per heavy atom. The molecule has 0 N–H and O–H groups in total. The minimum absolute atomic E-state index is 0.136. The molecule has 2 nitrogen and oxygen atoms in total. The van der Waals surface area contributed by atoms with E-state index in [4.69, 9.17) is 0 Å². The van der Waals surface area contributed by atoms with E-state index >= 15 is 0 Å². The summed E-state index contributed by atoms with van der Waals surface area (Å²) >= 11 is 0. The van der Waals surface area contributed by atoms with Gasteiger partial charge in [-0.1, -0.05) is 209 Å². The number of para-hydroxylation sites is 1. The van der Waals surface area contributed by atoms with E-state index < -0.39 is 0 Å². The zero-order chi connectivity index (χ0) is 50.3. The first-order valence-corrected chi connectivity index (χ1v) is 27.5. The summed E-state index contributed by atoms with van der Waals surface area (Å²) in [6.07, 6.45) is 10.3. The van der Waals surface area contributed by atoms with Crippen molar-refractivity contribution in [1.82, 2.24) is 0 Å². The van der Waals surface area contributed by atoms with Gasteiger partial charge in [0, 0.05) is 39.5 Å². The summed E-state index contributed by atoms with van der Waals surface area (Å²) in [6, 6.07) is 89.4. The standard InChI is InChI=1S/C73H64N2/c1-73(2)68-29-16-15-26-66(68)67-47-46-63(50-69(67)73)75(62-44-40-59(41-45-62)72-64(55-20-9-4-10-21-55)27-17-28-65(72)56-22-11-5-12-23-56)71-49-52-31-35-57-34-30-51(32-36-58(71)37-33-52)48-70(57)74(60-24-13-6-14-25-60)61-42-38-54(39-43-61)53-18-7-3-8-19-53/h4-6,9-17,20-30,33-34,37-50,53H,3,7-8,18-19,31-32,35-36H2,1-2H3. The molecule has 4 bridgehead atoms. The van der Waals surface area contributed by atoms with Gasteiger partial charge in [-0.3, -0.25) is 0 Å². The first-order valence-electron chi connectivity index (χ1n) is 27.5. The molecule has 366 valence electrons. The molecule has 0 spiro atoms. The highest BCUT2D eigenvalue weighted by atomic mass is 15.2. The molecule has 6 aliphatic carbocycles. The Bertz CT molecular complexity index is 3580. The van der Waals surface area contributed by atoms with Crippen molar-refractivity contribution in [3.8, 4) is 44.5 Å². The SMILES string of the molecule is CC1(C)c2ccccc2-c2ccc(N(c3ccc(-c4c(-c5ccccc5)cccc4-c4ccccc4)cc3)c3cc4ccc3CCc3ccc(c(N(c5ccccc5)c5ccc(C6CCCCC6)cc5)c3)CC4)cc21. The summed E-state index contributed by atoms with van der Waals surface area (Å²) in [7, 11) is 0. The van der Waals surface area contributed by atoms with Crippen molar-refractivity contribution in [2.45, 2.75) is 83.0 Å². The summed E-state index contributed by atoms with van der Waals surface area (Å²) in [5.41, 5.74) is 26.8. The van der Waals surface area contributed by atoms with Gasteiger partial charge in [0.05, 0.1) is 0 Å². The molecule has 1 saturated carbocycles. The summed E-state index contributed by atoms with van der Waals surface area (Å²) in [5.74, 6) is 0.677. The monoisotopic (exact) mass is 969 g/mol. The lowest BCUT2D eigenvalue weighted by Gasteiger charge is -2.31. The highest BCUT2D eigenvalue weighted by Gasteiger charge is 2.36. The highest BCUT2D eigenvalue weighted by molar-refractivity contribution is 5.95. The first kappa shape index (κ1) is 46.6. The first-order chi connectivity index (χ1) is 36.9. The molecule has 0 aliphatic heterocycles. The number of anilines is 6. The van der Waals surface area contributed by atoms with Crippen molar-refractivity contribution in [3.05, 3.63) is 276 Å². The minimum atomic E-state index is -0.136. The lowest BCUT2D eigenvalue weighted by Crippen LogP contribution is -2.17. The fourth-order valence-corrected chi connectivity index (χ4v) is 12.9. The zero-order valence-electron chi connectivity index (χ0n) is 43.4. The van der Waals surface area contributed by atoms with Gasteiger partial charge >= 0.3 is 0 Å². The largest absolute Gasteiger partial charge is 0.310 e. The van der Waals surface area contributed by atoms with Crippen LogP contribution in [0.1, 0.15) is 90.8 Å². The molecule has 0 unspecified atom stereocenters. The number of hydrogen-bond donors (Lipinski definition) is 0. The summed E-state index contributed by atoms with van der Waals surface area (Å²) in [4.78, 5) is 5.08. The second kappa shape index (κ2) is 19.9. The van der Waals surface area contributed by atoms with Gasteiger partial charge in [0.1, 0.15) is 0 Å². The van der Waals surface area contributed by atoms with Crippen molar-refractivity contribution in [2.24, 2.45) is 0 Å². The molecular formula is C73H64N2.